The molecule has 10 aromatic carbocycles. The molecule has 0 radical (unpaired) electrons. The molecule has 0 aliphatic heterocycles. The van der Waals surface area contributed by atoms with Gasteiger partial charge in [0.25, 0.3) is 0 Å². The fourth-order valence-electron chi connectivity index (χ4n) is 9.35. The second-order valence-corrected chi connectivity index (χ2v) is 27.8. The smallest absolute Gasteiger partial charge is 0.143 e. The molecule has 0 bridgehead atoms. The molecule has 1 aromatic heterocycles. The molecule has 5 heteroatoms. The zero-order chi connectivity index (χ0) is 43.0. The average Bonchev–Trinajstić information content (AvgIpc) is 3.68. The fraction of sp³-hybridized carbons (Fsp3) is 0.103. The van der Waals surface area contributed by atoms with Crippen LogP contribution in [0.25, 0.3) is 65.0 Å². The number of hydrogen-bond acceptors (Lipinski definition) is 3. The highest BCUT2D eigenvalue weighted by Gasteiger charge is 2.23. The van der Waals surface area contributed by atoms with Gasteiger partial charge in [-0.1, -0.05) is 122 Å². The maximum atomic E-state index is 7.10. The molecular weight excluding hydrogens is 801 g/mol. The third kappa shape index (κ3) is 6.93. The minimum Gasteiger partial charge on any atom is -0.455 e. The van der Waals surface area contributed by atoms with E-state index in [0.29, 0.717) is 0 Å². The van der Waals surface area contributed by atoms with E-state index < -0.39 is 18.1 Å². The van der Waals surface area contributed by atoms with E-state index in [0.717, 1.165) is 61.4 Å². The van der Waals surface area contributed by atoms with Gasteiger partial charge in [-0.15, -0.1) is 0 Å². The van der Waals surface area contributed by atoms with Gasteiger partial charge in [0.1, 0.15) is 11.2 Å². The van der Waals surface area contributed by atoms with Crippen molar-refractivity contribution in [2.75, 3.05) is 28.6 Å². The second-order valence-electron chi connectivity index (χ2n) is 18.6. The van der Waals surface area contributed by atoms with E-state index >= 15 is 0 Å². The van der Waals surface area contributed by atoms with E-state index in [9.17, 15) is 0 Å². The monoisotopic (exact) mass is 850 g/mol. The van der Waals surface area contributed by atoms with Gasteiger partial charge < -0.3 is 14.2 Å². The maximum absolute atomic E-state index is 7.10. The lowest BCUT2D eigenvalue weighted by molar-refractivity contribution is 0.673. The lowest BCUT2D eigenvalue weighted by Gasteiger charge is -2.29. The summed E-state index contributed by atoms with van der Waals surface area (Å²) in [6.45, 7) is 7.22. The van der Waals surface area contributed by atoms with Crippen LogP contribution >= 0.6 is 10.0 Å². The van der Waals surface area contributed by atoms with Crippen LogP contribution in [-0.2, 0) is 0 Å². The first-order valence-corrected chi connectivity index (χ1v) is 28.1. The lowest BCUT2D eigenvalue weighted by atomic mass is 9.96. The van der Waals surface area contributed by atoms with Crippen molar-refractivity contribution in [3.63, 3.8) is 0 Å². The molecule has 0 saturated carbocycles. The Balaban J connectivity index is 1.09. The normalized spacial score (nSPS) is 12.5. The molecule has 3 nitrogen and oxygen atoms in total. The number of benzene rings is 10. The Hall–Kier alpha value is -6.79. The van der Waals surface area contributed by atoms with Crippen molar-refractivity contribution in [2.24, 2.45) is 0 Å². The van der Waals surface area contributed by atoms with Gasteiger partial charge in [0.2, 0.25) is 0 Å². The summed E-state index contributed by atoms with van der Waals surface area (Å²) in [5.41, 5.74) is 8.41. The molecule has 0 amide bonds. The molecular formula is C58H50N2OSSi. The summed E-state index contributed by atoms with van der Waals surface area (Å²) in [6.07, 6.45) is 7.04. The van der Waals surface area contributed by atoms with Crippen molar-refractivity contribution >= 4 is 122 Å². The highest BCUT2D eigenvalue weighted by molar-refractivity contribution is 8.32. The molecule has 0 aliphatic rings. The Morgan fingerprint density at radius 1 is 0.381 bits per heavy atom. The van der Waals surface area contributed by atoms with E-state index in [1.54, 1.807) is 0 Å². The van der Waals surface area contributed by atoms with E-state index in [4.69, 9.17) is 4.42 Å². The van der Waals surface area contributed by atoms with Gasteiger partial charge in [0.15, 0.2) is 0 Å². The molecule has 0 saturated heterocycles. The van der Waals surface area contributed by atoms with Gasteiger partial charge in [0.05, 0.1) is 8.07 Å². The summed E-state index contributed by atoms with van der Waals surface area (Å²) in [7, 11) is -2.36. The Bertz CT molecular complexity index is 3540. The van der Waals surface area contributed by atoms with Crippen molar-refractivity contribution in [1.82, 2.24) is 0 Å². The molecule has 0 unspecified atom stereocenters. The van der Waals surface area contributed by atoms with Crippen molar-refractivity contribution < 1.29 is 4.42 Å². The van der Waals surface area contributed by atoms with Crippen LogP contribution in [0.2, 0.25) is 19.6 Å². The van der Waals surface area contributed by atoms with Gasteiger partial charge in [-0.25, -0.2) is 10.0 Å². The van der Waals surface area contributed by atoms with Crippen LogP contribution in [0.3, 0.4) is 0 Å². The summed E-state index contributed by atoms with van der Waals surface area (Å²) in [6, 6.07) is 71.6. The molecule has 0 N–H and O–H groups in total. The predicted molar refractivity (Wildman–Crippen MR) is 280 cm³/mol. The summed E-state index contributed by atoms with van der Waals surface area (Å²) >= 11 is 0. The number of furan rings is 1. The minimum absolute atomic E-state index is 0.867. The van der Waals surface area contributed by atoms with Crippen LogP contribution in [0.15, 0.2) is 203 Å². The van der Waals surface area contributed by atoms with Gasteiger partial charge in [-0.3, -0.25) is 0 Å². The average molecular weight is 851 g/mol. The van der Waals surface area contributed by atoms with Crippen LogP contribution in [0.4, 0.5) is 34.1 Å². The first-order chi connectivity index (χ1) is 30.5. The van der Waals surface area contributed by atoms with Gasteiger partial charge in [-0.05, 0) is 152 Å². The van der Waals surface area contributed by atoms with E-state index in [1.807, 2.05) is 0 Å². The molecule has 0 fully saturated rings. The van der Waals surface area contributed by atoms with Crippen LogP contribution in [0, 0.1) is 0 Å². The maximum Gasteiger partial charge on any atom is 0.143 e. The van der Waals surface area contributed by atoms with Crippen molar-refractivity contribution in [3.8, 4) is 0 Å². The van der Waals surface area contributed by atoms with Gasteiger partial charge in [0, 0.05) is 56.3 Å². The van der Waals surface area contributed by atoms with Gasteiger partial charge in [-0.2, -0.15) is 0 Å². The summed E-state index contributed by atoms with van der Waals surface area (Å²) in [5, 5.41) is 13.3. The van der Waals surface area contributed by atoms with Crippen molar-refractivity contribution in [1.29, 1.82) is 0 Å². The molecule has 0 spiro atoms. The number of rotatable bonds is 8. The summed E-state index contributed by atoms with van der Waals surface area (Å²) in [5.74, 6) is 0. The lowest BCUT2D eigenvalue weighted by Crippen LogP contribution is -2.37. The van der Waals surface area contributed by atoms with Crippen LogP contribution in [-0.4, -0.2) is 26.8 Å². The fourth-order valence-corrected chi connectivity index (χ4v) is 11.5. The topological polar surface area (TPSA) is 19.6 Å². The molecule has 11 rings (SSSR count). The standard InChI is InChI=1S/C58H50N2OSSi/c1-62(2,3)49-29-23-43(24-30-49)60(46-22-20-40-14-8-10-16-42(40)36-46)48-28-34-54-56(38-48)61-58-53-33-27-47(37-55(53)51-17-11-12-18-52(51)57(54)58)59(44-25-31-50(32-26-44)63(4,5)6)45-21-19-39-13-7-9-15-41(39)35-45/h7-38H,1-6H3. The van der Waals surface area contributed by atoms with Crippen molar-refractivity contribution in [2.45, 2.75) is 24.5 Å². The Morgan fingerprint density at radius 2 is 0.841 bits per heavy atom. The van der Waals surface area contributed by atoms with E-state index in [-0.39, 0.29) is 0 Å². The number of fused-ring (bicyclic) bond motifs is 10. The first-order valence-electron chi connectivity index (χ1n) is 21.8. The number of nitrogens with zero attached hydrogens (tertiary/aromatic N) is 2. The third-order valence-electron chi connectivity index (χ3n) is 12.7. The van der Waals surface area contributed by atoms with Crippen molar-refractivity contribution in [3.05, 3.63) is 194 Å². The molecule has 63 heavy (non-hydrogen) atoms. The Labute approximate surface area is 372 Å². The first kappa shape index (κ1) is 39.1. The quantitative estimate of drug-likeness (QED) is 0.112. The largest absolute Gasteiger partial charge is 0.455 e. The van der Waals surface area contributed by atoms with Crippen LogP contribution < -0.4 is 15.0 Å². The number of hydrogen-bond donors (Lipinski definition) is 0. The predicted octanol–water partition coefficient (Wildman–Crippen LogP) is 16.7. The van der Waals surface area contributed by atoms with Crippen LogP contribution in [0.1, 0.15) is 0 Å². The highest BCUT2D eigenvalue weighted by Crippen LogP contribution is 2.48. The van der Waals surface area contributed by atoms with E-state index in [2.05, 4.69) is 242 Å². The van der Waals surface area contributed by atoms with E-state index in [1.165, 1.54) is 47.8 Å². The summed E-state index contributed by atoms with van der Waals surface area (Å²) in [4.78, 5) is 6.15. The second kappa shape index (κ2) is 14.9. The third-order valence-corrected chi connectivity index (χ3v) is 16.5. The Morgan fingerprint density at radius 3 is 1.41 bits per heavy atom. The molecule has 0 aliphatic carbocycles. The zero-order valence-electron chi connectivity index (χ0n) is 36.7. The minimum atomic E-state index is -1.49. The number of anilines is 6. The van der Waals surface area contributed by atoms with Gasteiger partial charge >= 0.3 is 0 Å². The highest BCUT2D eigenvalue weighted by atomic mass is 32.3. The SMILES string of the molecule is C[Si](C)(C)c1ccc(N(c2ccc3ccccc3c2)c2ccc3c(c2)c2ccccc2c2c4ccc(N(c5ccc(S(C)(C)C)cc5)c5ccc6ccccc6c5)cc4oc32)cc1. The Kier molecular flexibility index (Phi) is 9.27. The molecule has 0 atom stereocenters. The van der Waals surface area contributed by atoms with Crippen LogP contribution in [0.5, 0.6) is 0 Å². The molecule has 11 aromatic rings. The summed E-state index contributed by atoms with van der Waals surface area (Å²) < 4.78 is 7.10. The molecule has 308 valence electrons. The zero-order valence-corrected chi connectivity index (χ0v) is 38.5. The molecule has 1 heterocycles.